The molecular formula is C25H25NO5S. The minimum absolute atomic E-state index is 0.0533. The summed E-state index contributed by atoms with van der Waals surface area (Å²) in [7, 11) is -0.682. The van der Waals surface area contributed by atoms with Gasteiger partial charge in [0, 0.05) is 30.3 Å². The smallest absolute Gasteiger partial charge is 0.244 e. The maximum atomic E-state index is 13.2. The van der Waals surface area contributed by atoms with Gasteiger partial charge in [-0.2, -0.15) is 4.31 Å². The molecule has 0 radical (unpaired) electrons. The van der Waals surface area contributed by atoms with Crippen LogP contribution in [0.3, 0.4) is 0 Å². The highest BCUT2D eigenvalue weighted by Crippen LogP contribution is 2.33. The number of methoxy groups -OCH3 is 2. The van der Waals surface area contributed by atoms with Crippen LogP contribution in [0, 0.1) is 19.3 Å². The minimum atomic E-state index is -3.79. The van der Waals surface area contributed by atoms with Crippen LogP contribution in [0.15, 0.2) is 71.6 Å². The van der Waals surface area contributed by atoms with Gasteiger partial charge in [-0.15, -0.1) is 6.42 Å². The van der Waals surface area contributed by atoms with Crippen LogP contribution in [-0.2, 0) is 16.6 Å². The molecule has 0 N–H and O–H groups in total. The first-order chi connectivity index (χ1) is 15.4. The molecule has 0 aliphatic carbocycles. The minimum Gasteiger partial charge on any atom is -0.496 e. The lowest BCUT2D eigenvalue weighted by atomic mass is 10.2. The average molecular weight is 452 g/mol. The van der Waals surface area contributed by atoms with E-state index in [1.54, 1.807) is 68.8 Å². The summed E-state index contributed by atoms with van der Waals surface area (Å²) in [6, 6.07) is 19.1. The summed E-state index contributed by atoms with van der Waals surface area (Å²) in [5, 5.41) is 0. The van der Waals surface area contributed by atoms with Crippen LogP contribution in [0.25, 0.3) is 0 Å². The van der Waals surface area contributed by atoms with Crippen molar-refractivity contribution in [1.29, 1.82) is 0 Å². The number of hydrogen-bond acceptors (Lipinski definition) is 5. The molecule has 0 aliphatic heterocycles. The van der Waals surface area contributed by atoms with Crippen molar-refractivity contribution in [3.8, 4) is 35.3 Å². The Balaban J connectivity index is 1.93. The fraction of sp³-hybridized carbons (Fsp3) is 0.200. The van der Waals surface area contributed by atoms with Gasteiger partial charge in [0.05, 0.1) is 25.7 Å². The molecule has 0 aliphatic rings. The highest BCUT2D eigenvalue weighted by Gasteiger charge is 2.25. The SMILES string of the molecule is C#CCN(Cc1ccccc1Oc1cc(OC)cc(OC)c1)S(=O)(=O)c1ccc(C)cc1. The number of hydrogen-bond donors (Lipinski definition) is 0. The summed E-state index contributed by atoms with van der Waals surface area (Å²) in [5.41, 5.74) is 1.64. The number of rotatable bonds is 9. The first kappa shape index (κ1) is 23.2. The molecule has 3 aromatic carbocycles. The number of nitrogens with zero attached hydrogens (tertiary/aromatic N) is 1. The zero-order chi connectivity index (χ0) is 23.1. The van der Waals surface area contributed by atoms with Crippen molar-refractivity contribution < 1.29 is 22.6 Å². The normalized spacial score (nSPS) is 11.1. The first-order valence-corrected chi connectivity index (χ1v) is 11.3. The summed E-state index contributed by atoms with van der Waals surface area (Å²) in [5.74, 6) is 4.60. The molecule has 0 fully saturated rings. The summed E-state index contributed by atoms with van der Waals surface area (Å²) in [4.78, 5) is 0.189. The van der Waals surface area contributed by atoms with Gasteiger partial charge in [0.2, 0.25) is 10.0 Å². The molecule has 0 bridgehead atoms. The number of para-hydroxylation sites is 1. The topological polar surface area (TPSA) is 65.1 Å². The lowest BCUT2D eigenvalue weighted by Gasteiger charge is -2.22. The molecule has 0 atom stereocenters. The van der Waals surface area contributed by atoms with E-state index in [-0.39, 0.29) is 18.0 Å². The zero-order valence-corrected chi connectivity index (χ0v) is 19.1. The zero-order valence-electron chi connectivity index (χ0n) is 18.2. The van der Waals surface area contributed by atoms with Crippen molar-refractivity contribution in [1.82, 2.24) is 4.31 Å². The third kappa shape index (κ3) is 5.41. The number of ether oxygens (including phenoxy) is 3. The van der Waals surface area contributed by atoms with Crippen molar-refractivity contribution in [2.45, 2.75) is 18.4 Å². The van der Waals surface area contributed by atoms with E-state index in [0.29, 0.717) is 28.6 Å². The molecule has 3 rings (SSSR count). The van der Waals surface area contributed by atoms with Crippen LogP contribution in [0.1, 0.15) is 11.1 Å². The van der Waals surface area contributed by atoms with Crippen LogP contribution in [-0.4, -0.2) is 33.5 Å². The first-order valence-electron chi connectivity index (χ1n) is 9.86. The van der Waals surface area contributed by atoms with Gasteiger partial charge >= 0.3 is 0 Å². The molecule has 7 heteroatoms. The van der Waals surface area contributed by atoms with E-state index in [4.69, 9.17) is 20.6 Å². The second-order valence-electron chi connectivity index (χ2n) is 7.05. The third-order valence-corrected chi connectivity index (χ3v) is 6.60. The van der Waals surface area contributed by atoms with Crippen LogP contribution < -0.4 is 14.2 Å². The monoisotopic (exact) mass is 451 g/mol. The van der Waals surface area contributed by atoms with Gasteiger partial charge in [0.25, 0.3) is 0 Å². The van der Waals surface area contributed by atoms with E-state index in [1.165, 1.54) is 4.31 Å². The Morgan fingerprint density at radius 2 is 1.50 bits per heavy atom. The molecular weight excluding hydrogens is 426 g/mol. The van der Waals surface area contributed by atoms with Gasteiger partial charge in [-0.05, 0) is 25.1 Å². The molecule has 0 saturated carbocycles. The van der Waals surface area contributed by atoms with Gasteiger partial charge < -0.3 is 14.2 Å². The second kappa shape index (κ2) is 10.2. The fourth-order valence-corrected chi connectivity index (χ4v) is 4.41. The standard InChI is InChI=1S/C25H25NO5S/c1-5-14-26(32(27,28)24-12-10-19(2)11-13-24)18-20-8-6-7-9-25(20)31-23-16-21(29-3)15-22(17-23)30-4/h1,6-13,15-17H,14,18H2,2-4H3. The van der Waals surface area contributed by atoms with Crippen molar-refractivity contribution in [2.24, 2.45) is 0 Å². The Hall–Kier alpha value is -3.47. The molecule has 6 nitrogen and oxygen atoms in total. The van der Waals surface area contributed by atoms with Gasteiger partial charge in [-0.25, -0.2) is 8.42 Å². The highest BCUT2D eigenvalue weighted by molar-refractivity contribution is 7.89. The summed E-state index contributed by atoms with van der Waals surface area (Å²) >= 11 is 0. The summed E-state index contributed by atoms with van der Waals surface area (Å²) in [6.45, 7) is 1.88. The maximum Gasteiger partial charge on any atom is 0.244 e. The van der Waals surface area contributed by atoms with E-state index >= 15 is 0 Å². The molecule has 0 heterocycles. The molecule has 0 amide bonds. The Morgan fingerprint density at radius 1 is 0.906 bits per heavy atom. The number of benzene rings is 3. The van der Waals surface area contributed by atoms with E-state index < -0.39 is 10.0 Å². The van der Waals surface area contributed by atoms with Crippen molar-refractivity contribution >= 4 is 10.0 Å². The van der Waals surface area contributed by atoms with E-state index in [2.05, 4.69) is 5.92 Å². The predicted octanol–water partition coefficient (Wildman–Crippen LogP) is 4.63. The number of sulfonamides is 1. The van der Waals surface area contributed by atoms with E-state index in [0.717, 1.165) is 5.56 Å². The number of aryl methyl sites for hydroxylation is 1. The average Bonchev–Trinajstić information content (AvgIpc) is 2.80. The van der Waals surface area contributed by atoms with Gasteiger partial charge in [0.15, 0.2) is 0 Å². The maximum absolute atomic E-state index is 13.2. The Labute approximate surface area is 189 Å². The molecule has 3 aromatic rings. The fourth-order valence-electron chi connectivity index (χ4n) is 3.08. The molecule has 32 heavy (non-hydrogen) atoms. The molecule has 166 valence electrons. The quantitative estimate of drug-likeness (QED) is 0.444. The summed E-state index contributed by atoms with van der Waals surface area (Å²) < 4.78 is 44.4. The van der Waals surface area contributed by atoms with Crippen LogP contribution >= 0.6 is 0 Å². The third-order valence-electron chi connectivity index (χ3n) is 4.80. The van der Waals surface area contributed by atoms with Gasteiger partial charge in [-0.3, -0.25) is 0 Å². The highest BCUT2D eigenvalue weighted by atomic mass is 32.2. The van der Waals surface area contributed by atoms with Gasteiger partial charge in [-0.1, -0.05) is 41.8 Å². The molecule has 0 aromatic heterocycles. The van der Waals surface area contributed by atoms with Crippen molar-refractivity contribution in [2.75, 3.05) is 20.8 Å². The van der Waals surface area contributed by atoms with Crippen molar-refractivity contribution in [3.63, 3.8) is 0 Å². The lowest BCUT2D eigenvalue weighted by Crippen LogP contribution is -2.31. The van der Waals surface area contributed by atoms with Gasteiger partial charge in [0.1, 0.15) is 23.0 Å². The predicted molar refractivity (Wildman–Crippen MR) is 124 cm³/mol. The molecule has 0 saturated heterocycles. The van der Waals surface area contributed by atoms with Crippen LogP contribution in [0.2, 0.25) is 0 Å². The van der Waals surface area contributed by atoms with Crippen molar-refractivity contribution in [3.05, 3.63) is 77.9 Å². The van der Waals surface area contributed by atoms with E-state index in [9.17, 15) is 8.42 Å². The summed E-state index contributed by atoms with van der Waals surface area (Å²) in [6.07, 6.45) is 5.49. The Bertz CT molecular complexity index is 1190. The Kier molecular flexibility index (Phi) is 7.41. The van der Waals surface area contributed by atoms with Crippen LogP contribution in [0.5, 0.6) is 23.0 Å². The second-order valence-corrected chi connectivity index (χ2v) is 8.99. The number of terminal acetylenes is 1. The molecule has 0 unspecified atom stereocenters. The van der Waals surface area contributed by atoms with E-state index in [1.807, 2.05) is 19.1 Å². The largest absolute Gasteiger partial charge is 0.496 e. The van der Waals surface area contributed by atoms with Crippen LogP contribution in [0.4, 0.5) is 0 Å². The molecule has 0 spiro atoms. The Morgan fingerprint density at radius 3 is 2.09 bits per heavy atom. The lowest BCUT2D eigenvalue weighted by molar-refractivity contribution is 0.385.